The molecule has 1 aliphatic rings. The molecule has 0 aromatic carbocycles. The first-order chi connectivity index (χ1) is 7.21. The van der Waals surface area contributed by atoms with Gasteiger partial charge in [-0.25, -0.2) is 13.1 Å². The van der Waals surface area contributed by atoms with Crippen LogP contribution in [0.3, 0.4) is 0 Å². The van der Waals surface area contributed by atoms with Crippen LogP contribution in [0.25, 0.3) is 0 Å². The molecule has 0 heterocycles. The van der Waals surface area contributed by atoms with Crippen molar-refractivity contribution in [1.82, 2.24) is 4.72 Å². The highest BCUT2D eigenvalue weighted by molar-refractivity contribution is 7.89. The Hall–Kier alpha value is -0.130. The Balaban J connectivity index is 2.35. The Labute approximate surface area is 98.5 Å². The number of rotatable bonds is 5. The molecule has 16 heavy (non-hydrogen) atoms. The molecule has 1 fully saturated rings. The van der Waals surface area contributed by atoms with Crippen LogP contribution in [-0.4, -0.2) is 31.9 Å². The highest BCUT2D eigenvalue weighted by atomic mass is 32.2. The zero-order valence-corrected chi connectivity index (χ0v) is 11.2. The average Bonchev–Trinajstić information content (AvgIpc) is 2.06. The van der Waals surface area contributed by atoms with Crippen molar-refractivity contribution in [2.75, 3.05) is 12.3 Å². The van der Waals surface area contributed by atoms with Crippen LogP contribution in [0.15, 0.2) is 0 Å². The summed E-state index contributed by atoms with van der Waals surface area (Å²) in [5.41, 5.74) is -0.293. The van der Waals surface area contributed by atoms with Gasteiger partial charge in [-0.3, -0.25) is 0 Å². The third-order valence-corrected chi connectivity index (χ3v) is 4.69. The van der Waals surface area contributed by atoms with Crippen LogP contribution < -0.4 is 4.72 Å². The van der Waals surface area contributed by atoms with E-state index in [1.54, 1.807) is 0 Å². The first-order valence-corrected chi connectivity index (χ1v) is 7.51. The fourth-order valence-electron chi connectivity index (χ4n) is 1.54. The lowest BCUT2D eigenvalue weighted by molar-refractivity contribution is 0.0676. The largest absolute Gasteiger partial charge is 0.391 e. The second-order valence-electron chi connectivity index (χ2n) is 5.81. The zero-order chi connectivity index (χ0) is 12.4. The lowest BCUT2D eigenvalue weighted by Gasteiger charge is -2.28. The van der Waals surface area contributed by atoms with E-state index in [1.807, 2.05) is 20.8 Å². The van der Waals surface area contributed by atoms with E-state index in [-0.39, 0.29) is 17.7 Å². The molecule has 1 saturated carbocycles. The topological polar surface area (TPSA) is 66.4 Å². The van der Waals surface area contributed by atoms with Gasteiger partial charge in [0.2, 0.25) is 10.0 Å². The third-order valence-electron chi connectivity index (χ3n) is 3.18. The second-order valence-corrected chi connectivity index (χ2v) is 7.66. The molecule has 0 amide bonds. The molecule has 5 heteroatoms. The minimum atomic E-state index is -3.21. The molecule has 0 spiro atoms. The zero-order valence-electron chi connectivity index (χ0n) is 10.4. The quantitative estimate of drug-likeness (QED) is 0.767. The SMILES string of the molecule is CC(C)(C)C(O)CNS(=O)(=O)CC1CCC1. The van der Waals surface area contributed by atoms with Crippen molar-refractivity contribution >= 4 is 10.0 Å². The van der Waals surface area contributed by atoms with Gasteiger partial charge in [-0.1, -0.05) is 27.2 Å². The van der Waals surface area contributed by atoms with Gasteiger partial charge in [0, 0.05) is 6.54 Å². The Morgan fingerprint density at radius 2 is 1.94 bits per heavy atom. The van der Waals surface area contributed by atoms with Crippen LogP contribution in [0.5, 0.6) is 0 Å². The highest BCUT2D eigenvalue weighted by Crippen LogP contribution is 2.27. The van der Waals surface area contributed by atoms with Crippen molar-refractivity contribution in [1.29, 1.82) is 0 Å². The summed E-state index contributed by atoms with van der Waals surface area (Å²) in [6.07, 6.45) is 2.53. The minimum Gasteiger partial charge on any atom is -0.391 e. The standard InChI is InChI=1S/C11H23NO3S/c1-11(2,3)10(13)7-12-16(14,15)8-9-5-4-6-9/h9-10,12-13H,4-8H2,1-3H3. The maximum Gasteiger partial charge on any atom is 0.211 e. The summed E-state index contributed by atoms with van der Waals surface area (Å²) in [6.45, 7) is 5.77. The van der Waals surface area contributed by atoms with Gasteiger partial charge in [0.05, 0.1) is 11.9 Å². The first-order valence-electron chi connectivity index (χ1n) is 5.86. The molecule has 0 bridgehead atoms. The summed E-state index contributed by atoms with van der Waals surface area (Å²) < 4.78 is 25.8. The molecule has 1 rings (SSSR count). The van der Waals surface area contributed by atoms with Crippen LogP contribution in [0.4, 0.5) is 0 Å². The van der Waals surface area contributed by atoms with E-state index in [0.29, 0.717) is 5.92 Å². The van der Waals surface area contributed by atoms with Gasteiger partial charge in [-0.05, 0) is 24.2 Å². The van der Waals surface area contributed by atoms with Gasteiger partial charge in [0.15, 0.2) is 0 Å². The maximum atomic E-state index is 11.6. The second kappa shape index (κ2) is 5.02. The summed E-state index contributed by atoms with van der Waals surface area (Å²) in [5.74, 6) is 0.536. The van der Waals surface area contributed by atoms with Crippen molar-refractivity contribution in [3.05, 3.63) is 0 Å². The molecule has 0 aromatic rings. The van der Waals surface area contributed by atoms with Crippen molar-refractivity contribution in [2.45, 2.75) is 46.1 Å². The third kappa shape index (κ3) is 4.39. The lowest BCUT2D eigenvalue weighted by atomic mass is 9.87. The molecule has 0 aromatic heterocycles. The Kier molecular flexibility index (Phi) is 4.37. The van der Waals surface area contributed by atoms with E-state index in [9.17, 15) is 13.5 Å². The number of aliphatic hydroxyl groups is 1. The fraction of sp³-hybridized carbons (Fsp3) is 1.00. The molecule has 4 nitrogen and oxygen atoms in total. The summed E-state index contributed by atoms with van der Waals surface area (Å²) in [7, 11) is -3.21. The van der Waals surface area contributed by atoms with Crippen molar-refractivity contribution in [3.8, 4) is 0 Å². The van der Waals surface area contributed by atoms with Gasteiger partial charge >= 0.3 is 0 Å². The Morgan fingerprint density at radius 1 is 1.38 bits per heavy atom. The normalized spacial score (nSPS) is 20.5. The fourth-order valence-corrected chi connectivity index (χ4v) is 3.02. The van der Waals surface area contributed by atoms with Crippen LogP contribution in [-0.2, 0) is 10.0 Å². The Bertz CT molecular complexity index is 315. The summed E-state index contributed by atoms with van der Waals surface area (Å²) in [6, 6.07) is 0. The number of hydrogen-bond donors (Lipinski definition) is 2. The minimum absolute atomic E-state index is 0.110. The molecule has 2 N–H and O–H groups in total. The van der Waals surface area contributed by atoms with Crippen molar-refractivity contribution in [3.63, 3.8) is 0 Å². The molecule has 1 unspecified atom stereocenters. The van der Waals surface area contributed by atoms with Crippen LogP contribution in [0.2, 0.25) is 0 Å². The molecule has 0 aliphatic heterocycles. The van der Waals surface area contributed by atoms with Gasteiger partial charge < -0.3 is 5.11 Å². The van der Waals surface area contributed by atoms with Crippen LogP contribution >= 0.6 is 0 Å². The molecular formula is C11H23NO3S. The monoisotopic (exact) mass is 249 g/mol. The number of sulfonamides is 1. The Morgan fingerprint density at radius 3 is 2.31 bits per heavy atom. The highest BCUT2D eigenvalue weighted by Gasteiger charge is 2.27. The average molecular weight is 249 g/mol. The van der Waals surface area contributed by atoms with Gasteiger partial charge in [-0.15, -0.1) is 0 Å². The molecular weight excluding hydrogens is 226 g/mol. The molecule has 0 saturated heterocycles. The predicted octanol–water partition coefficient (Wildman–Crippen LogP) is 1.11. The van der Waals surface area contributed by atoms with Crippen molar-refractivity contribution < 1.29 is 13.5 Å². The smallest absolute Gasteiger partial charge is 0.211 e. The van der Waals surface area contributed by atoms with Crippen LogP contribution in [0, 0.1) is 11.3 Å². The molecule has 1 aliphatic carbocycles. The molecule has 96 valence electrons. The summed E-state index contributed by atoms with van der Waals surface area (Å²) in [5, 5.41) is 9.73. The first kappa shape index (κ1) is 13.9. The van der Waals surface area contributed by atoms with E-state index in [2.05, 4.69) is 4.72 Å². The van der Waals surface area contributed by atoms with Gasteiger partial charge in [-0.2, -0.15) is 0 Å². The van der Waals surface area contributed by atoms with E-state index >= 15 is 0 Å². The molecule has 1 atom stereocenters. The maximum absolute atomic E-state index is 11.6. The van der Waals surface area contributed by atoms with E-state index in [4.69, 9.17) is 0 Å². The van der Waals surface area contributed by atoms with Gasteiger partial charge in [0.25, 0.3) is 0 Å². The number of hydrogen-bond acceptors (Lipinski definition) is 3. The van der Waals surface area contributed by atoms with Gasteiger partial charge in [0.1, 0.15) is 0 Å². The van der Waals surface area contributed by atoms with Crippen LogP contribution in [0.1, 0.15) is 40.0 Å². The van der Waals surface area contributed by atoms with E-state index in [1.165, 1.54) is 0 Å². The lowest BCUT2D eigenvalue weighted by Crippen LogP contribution is -2.41. The summed E-state index contributed by atoms with van der Waals surface area (Å²) >= 11 is 0. The molecule has 0 radical (unpaired) electrons. The predicted molar refractivity (Wildman–Crippen MR) is 64.6 cm³/mol. The number of nitrogens with one attached hydrogen (secondary N) is 1. The number of aliphatic hydroxyl groups excluding tert-OH is 1. The van der Waals surface area contributed by atoms with E-state index in [0.717, 1.165) is 19.3 Å². The summed E-state index contributed by atoms with van der Waals surface area (Å²) in [4.78, 5) is 0. The van der Waals surface area contributed by atoms with E-state index < -0.39 is 16.1 Å². The van der Waals surface area contributed by atoms with Crippen molar-refractivity contribution in [2.24, 2.45) is 11.3 Å².